The van der Waals surface area contributed by atoms with Crippen molar-refractivity contribution < 1.29 is 19.0 Å². The lowest BCUT2D eigenvalue weighted by molar-refractivity contribution is -0.118. The first-order valence-electron chi connectivity index (χ1n) is 8.26. The highest BCUT2D eigenvalue weighted by Gasteiger charge is 2.10. The maximum Gasteiger partial charge on any atom is 0.262 e. The van der Waals surface area contributed by atoms with Crippen molar-refractivity contribution in [3.8, 4) is 27.8 Å². The van der Waals surface area contributed by atoms with Crippen LogP contribution in [-0.4, -0.2) is 31.7 Å². The molecule has 27 heavy (non-hydrogen) atoms. The lowest BCUT2D eigenvalue weighted by Gasteiger charge is -2.12. The van der Waals surface area contributed by atoms with Crippen molar-refractivity contribution in [3.63, 3.8) is 0 Å². The van der Waals surface area contributed by atoms with Gasteiger partial charge in [-0.15, -0.1) is 11.3 Å². The summed E-state index contributed by atoms with van der Waals surface area (Å²) < 4.78 is 16.0. The summed E-state index contributed by atoms with van der Waals surface area (Å²) in [5.74, 6) is 1.49. The second-order valence-electron chi connectivity index (χ2n) is 5.72. The first-order chi connectivity index (χ1) is 13.1. The van der Waals surface area contributed by atoms with E-state index in [1.54, 1.807) is 43.8 Å². The van der Waals surface area contributed by atoms with Gasteiger partial charge in [0.05, 0.1) is 19.9 Å². The largest absolute Gasteiger partial charge is 0.497 e. The first kappa shape index (κ1) is 18.7. The van der Waals surface area contributed by atoms with E-state index < -0.39 is 0 Å². The lowest BCUT2D eigenvalue weighted by atomic mass is 10.2. The van der Waals surface area contributed by atoms with E-state index in [0.717, 1.165) is 16.3 Å². The molecule has 0 bridgehead atoms. The number of ether oxygens (including phenoxy) is 3. The summed E-state index contributed by atoms with van der Waals surface area (Å²) in [6.07, 6.45) is 0. The molecule has 7 heteroatoms. The summed E-state index contributed by atoms with van der Waals surface area (Å²) >= 11 is 1.60. The van der Waals surface area contributed by atoms with Gasteiger partial charge in [-0.05, 0) is 43.3 Å². The average Bonchev–Trinajstić information content (AvgIpc) is 3.13. The Morgan fingerprint density at radius 2 is 1.81 bits per heavy atom. The van der Waals surface area contributed by atoms with Gasteiger partial charge >= 0.3 is 0 Å². The molecule has 0 fully saturated rings. The number of nitrogens with one attached hydrogen (secondary N) is 1. The van der Waals surface area contributed by atoms with Crippen LogP contribution in [0, 0.1) is 6.92 Å². The number of anilines is 1. The number of methoxy groups -OCH3 is 2. The summed E-state index contributed by atoms with van der Waals surface area (Å²) in [6, 6.07) is 12.7. The molecule has 0 atom stereocenters. The molecule has 1 aromatic heterocycles. The summed E-state index contributed by atoms with van der Waals surface area (Å²) in [5.41, 5.74) is 2.55. The molecule has 140 valence electrons. The van der Waals surface area contributed by atoms with E-state index in [4.69, 9.17) is 14.2 Å². The van der Waals surface area contributed by atoms with Crippen molar-refractivity contribution in [2.45, 2.75) is 6.92 Å². The highest BCUT2D eigenvalue weighted by atomic mass is 32.1. The molecule has 0 spiro atoms. The predicted octanol–water partition coefficient (Wildman–Crippen LogP) is 4.15. The summed E-state index contributed by atoms with van der Waals surface area (Å²) in [5, 5.41) is 5.74. The fourth-order valence-electron chi connectivity index (χ4n) is 2.43. The standard InChI is InChI=1S/C20H20N2O4S/c1-13-12-27-20(21-13)14-4-6-15(7-5-14)26-11-19(23)22-17-10-16(24-2)8-9-18(17)25-3/h4-10,12H,11H2,1-3H3,(H,22,23). The fourth-order valence-corrected chi connectivity index (χ4v) is 3.23. The normalized spacial score (nSPS) is 10.3. The number of nitrogens with zero attached hydrogens (tertiary/aromatic N) is 1. The molecule has 0 aliphatic rings. The van der Waals surface area contributed by atoms with Gasteiger partial charge in [-0.25, -0.2) is 4.98 Å². The van der Waals surface area contributed by atoms with Crippen molar-refractivity contribution in [1.82, 2.24) is 4.98 Å². The van der Waals surface area contributed by atoms with Crippen LogP contribution >= 0.6 is 11.3 Å². The number of hydrogen-bond donors (Lipinski definition) is 1. The van der Waals surface area contributed by atoms with Crippen molar-refractivity contribution in [3.05, 3.63) is 53.5 Å². The molecular weight excluding hydrogens is 364 g/mol. The zero-order valence-electron chi connectivity index (χ0n) is 15.3. The van der Waals surface area contributed by atoms with Crippen molar-refractivity contribution in [1.29, 1.82) is 0 Å². The third-order valence-electron chi connectivity index (χ3n) is 3.77. The van der Waals surface area contributed by atoms with E-state index in [2.05, 4.69) is 10.3 Å². The molecule has 1 amide bonds. The maximum atomic E-state index is 12.2. The van der Waals surface area contributed by atoms with Crippen LogP contribution in [0.4, 0.5) is 5.69 Å². The van der Waals surface area contributed by atoms with Crippen molar-refractivity contribution in [2.75, 3.05) is 26.1 Å². The molecule has 0 radical (unpaired) electrons. The van der Waals surface area contributed by atoms with Crippen LogP contribution in [0.15, 0.2) is 47.8 Å². The van der Waals surface area contributed by atoms with E-state index in [9.17, 15) is 4.79 Å². The minimum atomic E-state index is -0.291. The van der Waals surface area contributed by atoms with Crippen LogP contribution in [0.3, 0.4) is 0 Å². The third-order valence-corrected chi connectivity index (χ3v) is 4.78. The van der Waals surface area contributed by atoms with E-state index in [1.807, 2.05) is 36.6 Å². The van der Waals surface area contributed by atoms with Gasteiger partial charge < -0.3 is 19.5 Å². The van der Waals surface area contributed by atoms with Crippen LogP contribution in [0.2, 0.25) is 0 Å². The predicted molar refractivity (Wildman–Crippen MR) is 106 cm³/mol. The Hall–Kier alpha value is -3.06. The number of carbonyl (C=O) groups is 1. The van der Waals surface area contributed by atoms with Gasteiger partial charge in [-0.3, -0.25) is 4.79 Å². The van der Waals surface area contributed by atoms with Crippen LogP contribution in [0.25, 0.3) is 10.6 Å². The topological polar surface area (TPSA) is 69.7 Å². The molecule has 1 N–H and O–H groups in total. The van der Waals surface area contributed by atoms with Gasteiger partial charge in [0.25, 0.3) is 5.91 Å². The number of benzene rings is 2. The van der Waals surface area contributed by atoms with E-state index in [0.29, 0.717) is 22.9 Å². The van der Waals surface area contributed by atoms with E-state index in [1.165, 1.54) is 0 Å². The van der Waals surface area contributed by atoms with Gasteiger partial charge in [0.2, 0.25) is 0 Å². The third kappa shape index (κ3) is 4.77. The number of rotatable bonds is 7. The molecule has 0 saturated carbocycles. The Bertz CT molecular complexity index is 922. The number of carbonyl (C=O) groups excluding carboxylic acids is 1. The van der Waals surface area contributed by atoms with Gasteiger partial charge in [-0.1, -0.05) is 0 Å². The maximum absolute atomic E-state index is 12.2. The number of aromatic nitrogens is 1. The highest BCUT2D eigenvalue weighted by molar-refractivity contribution is 7.13. The monoisotopic (exact) mass is 384 g/mol. The number of thiazole rings is 1. The zero-order valence-corrected chi connectivity index (χ0v) is 16.1. The van der Waals surface area contributed by atoms with Gasteiger partial charge in [0, 0.05) is 22.7 Å². The smallest absolute Gasteiger partial charge is 0.262 e. The second kappa shape index (κ2) is 8.55. The van der Waals surface area contributed by atoms with Crippen LogP contribution in [-0.2, 0) is 4.79 Å². The minimum Gasteiger partial charge on any atom is -0.497 e. The quantitative estimate of drug-likeness (QED) is 0.663. The molecule has 0 aliphatic carbocycles. The Morgan fingerprint density at radius 3 is 2.44 bits per heavy atom. The molecule has 1 heterocycles. The Labute approximate surface area is 161 Å². The minimum absolute atomic E-state index is 0.115. The van der Waals surface area contributed by atoms with Crippen molar-refractivity contribution >= 4 is 22.9 Å². The number of aryl methyl sites for hydroxylation is 1. The average molecular weight is 384 g/mol. The SMILES string of the molecule is COc1ccc(OC)c(NC(=O)COc2ccc(-c3nc(C)cs3)cc2)c1. The molecule has 0 aliphatic heterocycles. The van der Waals surface area contributed by atoms with Crippen LogP contribution in [0.5, 0.6) is 17.2 Å². The Balaban J connectivity index is 1.59. The summed E-state index contributed by atoms with van der Waals surface area (Å²) in [6.45, 7) is 1.85. The number of amides is 1. The van der Waals surface area contributed by atoms with Crippen LogP contribution < -0.4 is 19.5 Å². The lowest BCUT2D eigenvalue weighted by Crippen LogP contribution is -2.20. The molecule has 0 saturated heterocycles. The fraction of sp³-hybridized carbons (Fsp3) is 0.200. The summed E-state index contributed by atoms with van der Waals surface area (Å²) in [7, 11) is 3.10. The molecule has 2 aromatic carbocycles. The van der Waals surface area contributed by atoms with Crippen LogP contribution in [0.1, 0.15) is 5.69 Å². The first-order valence-corrected chi connectivity index (χ1v) is 9.14. The van der Waals surface area contributed by atoms with Gasteiger partial charge in [0.15, 0.2) is 6.61 Å². The Morgan fingerprint density at radius 1 is 1.07 bits per heavy atom. The van der Waals surface area contributed by atoms with E-state index >= 15 is 0 Å². The zero-order chi connectivity index (χ0) is 19.2. The van der Waals surface area contributed by atoms with Gasteiger partial charge in [-0.2, -0.15) is 0 Å². The summed E-state index contributed by atoms with van der Waals surface area (Å²) in [4.78, 5) is 16.7. The Kier molecular flexibility index (Phi) is 5.93. The van der Waals surface area contributed by atoms with Gasteiger partial charge in [0.1, 0.15) is 22.3 Å². The molecular formula is C20H20N2O4S. The molecule has 3 rings (SSSR count). The highest BCUT2D eigenvalue weighted by Crippen LogP contribution is 2.29. The second-order valence-corrected chi connectivity index (χ2v) is 6.58. The van der Waals surface area contributed by atoms with Crippen molar-refractivity contribution in [2.24, 2.45) is 0 Å². The molecule has 0 unspecified atom stereocenters. The molecule has 6 nitrogen and oxygen atoms in total. The van der Waals surface area contributed by atoms with E-state index in [-0.39, 0.29) is 12.5 Å². The number of hydrogen-bond acceptors (Lipinski definition) is 6. The molecule has 3 aromatic rings.